The zero-order valence-corrected chi connectivity index (χ0v) is 20.3. The zero-order valence-electron chi connectivity index (χ0n) is 20.3. The average molecular weight is 467 g/mol. The molecule has 0 bridgehead atoms. The lowest BCUT2D eigenvalue weighted by Crippen LogP contribution is -2.54. The molecule has 2 heterocycles. The van der Waals surface area contributed by atoms with E-state index in [2.05, 4.69) is 79.6 Å². The first-order valence-electron chi connectivity index (χ1n) is 11.7. The van der Waals surface area contributed by atoms with Crippen LogP contribution >= 0.6 is 0 Å². The number of carbonyl (C=O) groups is 1. The first kappa shape index (κ1) is 23.0. The first-order valence-corrected chi connectivity index (χ1v) is 11.7. The highest BCUT2D eigenvalue weighted by Crippen LogP contribution is 2.34. The third-order valence-electron chi connectivity index (χ3n) is 7.09. The van der Waals surface area contributed by atoms with Gasteiger partial charge in [-0.05, 0) is 52.9 Å². The van der Waals surface area contributed by atoms with Crippen LogP contribution < -0.4 is 11.5 Å². The van der Waals surface area contributed by atoms with E-state index in [1.807, 2.05) is 19.1 Å². The van der Waals surface area contributed by atoms with Crippen LogP contribution in [-0.2, 0) is 15.7 Å². The Balaban J connectivity index is 1.35. The van der Waals surface area contributed by atoms with Crippen LogP contribution in [0.2, 0.25) is 0 Å². The number of primary amides is 1. The van der Waals surface area contributed by atoms with Gasteiger partial charge < -0.3 is 16.2 Å². The predicted octanol–water partition coefficient (Wildman–Crippen LogP) is 4.46. The summed E-state index contributed by atoms with van der Waals surface area (Å²) in [6.07, 6.45) is 0. The minimum absolute atomic E-state index is 0.186. The van der Waals surface area contributed by atoms with Crippen LogP contribution in [-0.4, -0.2) is 28.9 Å². The first-order chi connectivity index (χ1) is 16.7. The van der Waals surface area contributed by atoms with Gasteiger partial charge in [0.2, 0.25) is 0 Å². The molecule has 0 radical (unpaired) electrons. The van der Waals surface area contributed by atoms with Crippen molar-refractivity contribution in [1.82, 2.24) is 9.78 Å². The highest BCUT2D eigenvalue weighted by molar-refractivity contribution is 5.90. The van der Waals surface area contributed by atoms with E-state index in [1.54, 1.807) is 10.7 Å². The highest BCUT2D eigenvalue weighted by atomic mass is 16.5. The molecule has 4 N–H and O–H groups in total. The summed E-state index contributed by atoms with van der Waals surface area (Å²) in [6.45, 7) is 7.50. The van der Waals surface area contributed by atoms with E-state index in [9.17, 15) is 4.79 Å². The number of hydrogen-bond donors (Lipinski definition) is 2. The smallest absolute Gasteiger partial charge is 0.269 e. The minimum atomic E-state index is -0.528. The molecule has 0 saturated carbocycles. The molecular formula is C29H30N4O2. The Bertz CT molecular complexity index is 1360. The van der Waals surface area contributed by atoms with Crippen molar-refractivity contribution in [2.75, 3.05) is 13.2 Å². The topological polar surface area (TPSA) is 96.2 Å². The minimum Gasteiger partial charge on any atom is -0.377 e. The van der Waals surface area contributed by atoms with E-state index in [1.165, 1.54) is 16.7 Å². The molecule has 1 fully saturated rings. The quantitative estimate of drug-likeness (QED) is 0.439. The Morgan fingerprint density at radius 3 is 1.89 bits per heavy atom. The molecule has 6 nitrogen and oxygen atoms in total. The number of carbonyl (C=O) groups excluding carboxylic acids is 1. The summed E-state index contributed by atoms with van der Waals surface area (Å²) in [4.78, 5) is 11.5. The summed E-state index contributed by atoms with van der Waals surface area (Å²) in [7, 11) is 0. The highest BCUT2D eigenvalue weighted by Gasteiger charge is 2.35. The maximum atomic E-state index is 11.5. The zero-order chi connectivity index (χ0) is 24.8. The van der Waals surface area contributed by atoms with Gasteiger partial charge >= 0.3 is 0 Å². The van der Waals surface area contributed by atoms with Gasteiger partial charge in [0.15, 0.2) is 5.69 Å². The van der Waals surface area contributed by atoms with E-state index in [-0.39, 0.29) is 16.6 Å². The van der Waals surface area contributed by atoms with E-state index in [0.29, 0.717) is 13.2 Å². The molecule has 0 spiro atoms. The Kier molecular flexibility index (Phi) is 5.58. The van der Waals surface area contributed by atoms with Crippen molar-refractivity contribution in [2.24, 2.45) is 11.5 Å². The lowest BCUT2D eigenvalue weighted by Gasteiger charge is -2.38. The number of aromatic nitrogens is 2. The van der Waals surface area contributed by atoms with E-state index >= 15 is 0 Å². The van der Waals surface area contributed by atoms with Gasteiger partial charge in [-0.3, -0.25) is 4.79 Å². The molecule has 1 aliphatic rings. The van der Waals surface area contributed by atoms with Crippen LogP contribution in [0.15, 0.2) is 78.9 Å². The summed E-state index contributed by atoms with van der Waals surface area (Å²) in [6, 6.07) is 27.2. The molecule has 0 atom stereocenters. The molecule has 1 aliphatic heterocycles. The molecule has 178 valence electrons. The lowest BCUT2D eigenvalue weighted by molar-refractivity contribution is -0.0569. The molecule has 0 aliphatic carbocycles. The summed E-state index contributed by atoms with van der Waals surface area (Å²) < 4.78 is 7.02. The van der Waals surface area contributed by atoms with Crippen molar-refractivity contribution in [2.45, 2.75) is 31.7 Å². The fourth-order valence-corrected chi connectivity index (χ4v) is 4.60. The number of nitrogens with two attached hydrogens (primary N) is 2. The van der Waals surface area contributed by atoms with Crippen LogP contribution in [0.4, 0.5) is 0 Å². The number of rotatable bonds is 6. The Morgan fingerprint density at radius 1 is 0.914 bits per heavy atom. The van der Waals surface area contributed by atoms with E-state index in [4.69, 9.17) is 16.2 Å². The maximum absolute atomic E-state index is 11.5. The SMILES string of the molecule is Cc1cc(C(N)=O)nn1-c1ccc(C(C)(C)c2ccc(-c3ccc(C4(N)COC4)cc3)cc2)cc1. The number of ether oxygens (including phenoxy) is 1. The largest absolute Gasteiger partial charge is 0.377 e. The number of hydrogen-bond acceptors (Lipinski definition) is 4. The van der Waals surface area contributed by atoms with Crippen molar-refractivity contribution < 1.29 is 9.53 Å². The molecule has 4 aromatic rings. The lowest BCUT2D eigenvalue weighted by atomic mass is 9.77. The number of aryl methyl sites for hydroxylation is 1. The molecule has 6 heteroatoms. The standard InChI is InChI=1S/C29H30N4O2/c1-19-16-26(27(30)34)32-33(19)25-14-12-23(13-15-25)28(2,3)22-8-4-20(5-9-22)21-6-10-24(11-7-21)29(31)17-35-18-29/h4-16H,17-18,31H2,1-3H3,(H2,30,34). The van der Waals surface area contributed by atoms with Crippen molar-refractivity contribution in [3.63, 3.8) is 0 Å². The third-order valence-corrected chi connectivity index (χ3v) is 7.09. The van der Waals surface area contributed by atoms with Gasteiger partial charge in [-0.15, -0.1) is 0 Å². The van der Waals surface area contributed by atoms with Gasteiger partial charge in [0.05, 0.1) is 24.4 Å². The van der Waals surface area contributed by atoms with Gasteiger partial charge in [0.25, 0.3) is 5.91 Å². The van der Waals surface area contributed by atoms with Gasteiger partial charge in [0.1, 0.15) is 0 Å². The fraction of sp³-hybridized carbons (Fsp3) is 0.241. The summed E-state index contributed by atoms with van der Waals surface area (Å²) in [5.74, 6) is -0.528. The molecule has 3 aromatic carbocycles. The van der Waals surface area contributed by atoms with Gasteiger partial charge in [0, 0.05) is 11.1 Å². The second-order valence-corrected chi connectivity index (χ2v) is 9.92. The van der Waals surface area contributed by atoms with Crippen molar-refractivity contribution in [1.29, 1.82) is 0 Å². The summed E-state index contributed by atoms with van der Waals surface area (Å²) >= 11 is 0. The monoisotopic (exact) mass is 466 g/mol. The molecule has 35 heavy (non-hydrogen) atoms. The molecule has 5 rings (SSSR count). The van der Waals surface area contributed by atoms with Crippen molar-refractivity contribution in [3.8, 4) is 16.8 Å². The second-order valence-electron chi connectivity index (χ2n) is 9.92. The third kappa shape index (κ3) is 4.16. The molecule has 1 saturated heterocycles. The van der Waals surface area contributed by atoms with Crippen LogP contribution in [0.25, 0.3) is 16.8 Å². The summed E-state index contributed by atoms with van der Waals surface area (Å²) in [5.41, 5.74) is 19.1. The number of nitrogens with zero attached hydrogens (tertiary/aromatic N) is 2. The Morgan fingerprint density at radius 2 is 1.43 bits per heavy atom. The van der Waals surface area contributed by atoms with Crippen LogP contribution in [0.1, 0.15) is 46.7 Å². The average Bonchev–Trinajstić information content (AvgIpc) is 3.25. The van der Waals surface area contributed by atoms with E-state index in [0.717, 1.165) is 22.5 Å². The van der Waals surface area contributed by atoms with Crippen LogP contribution in [0.5, 0.6) is 0 Å². The summed E-state index contributed by atoms with van der Waals surface area (Å²) in [5, 5.41) is 4.32. The van der Waals surface area contributed by atoms with Gasteiger partial charge in [-0.1, -0.05) is 74.5 Å². The fourth-order valence-electron chi connectivity index (χ4n) is 4.60. The van der Waals surface area contributed by atoms with Crippen LogP contribution in [0.3, 0.4) is 0 Å². The second kappa shape index (κ2) is 8.48. The van der Waals surface area contributed by atoms with Crippen molar-refractivity contribution >= 4 is 5.91 Å². The van der Waals surface area contributed by atoms with Gasteiger partial charge in [-0.25, -0.2) is 4.68 Å². The maximum Gasteiger partial charge on any atom is 0.269 e. The van der Waals surface area contributed by atoms with E-state index < -0.39 is 5.91 Å². The number of benzene rings is 3. The predicted molar refractivity (Wildman–Crippen MR) is 138 cm³/mol. The molecular weight excluding hydrogens is 436 g/mol. The normalized spacial score (nSPS) is 15.0. The number of amides is 1. The Hall–Kier alpha value is -3.74. The van der Waals surface area contributed by atoms with Crippen molar-refractivity contribution in [3.05, 3.63) is 107 Å². The molecule has 1 amide bonds. The Labute approximate surface area is 205 Å². The van der Waals surface area contributed by atoms with Gasteiger partial charge in [-0.2, -0.15) is 5.10 Å². The van der Waals surface area contributed by atoms with Crippen LogP contribution in [0, 0.1) is 6.92 Å². The molecule has 1 aromatic heterocycles. The molecule has 0 unspecified atom stereocenters.